The number of aromatic nitrogens is 1. The quantitative estimate of drug-likeness (QED) is 0.231. The molecule has 3 aliphatic rings. The molecule has 5 aromatic carbocycles. The number of hydrogen-bond acceptors (Lipinski definition) is 0. The Labute approximate surface area is 197 Å². The van der Waals surface area contributed by atoms with Crippen molar-refractivity contribution in [1.82, 2.24) is 4.57 Å². The van der Waals surface area contributed by atoms with Crippen LogP contribution in [0.1, 0.15) is 33.4 Å². The van der Waals surface area contributed by atoms with E-state index >= 15 is 0 Å². The normalized spacial score (nSPS) is 14.1. The van der Waals surface area contributed by atoms with Gasteiger partial charge in [0.15, 0.2) is 0 Å². The number of hydrogen-bond donors (Lipinski definition) is 0. The highest BCUT2D eigenvalue weighted by molar-refractivity contribution is 6.20. The van der Waals surface area contributed by atoms with Crippen LogP contribution in [-0.2, 0) is 19.3 Å². The van der Waals surface area contributed by atoms with Crippen molar-refractivity contribution in [2.75, 3.05) is 0 Å². The van der Waals surface area contributed by atoms with Gasteiger partial charge in [0.2, 0.25) is 0 Å². The Morgan fingerprint density at radius 1 is 0.500 bits per heavy atom. The summed E-state index contributed by atoms with van der Waals surface area (Å²) >= 11 is 0. The summed E-state index contributed by atoms with van der Waals surface area (Å²) < 4.78 is 2.62. The molecule has 2 aliphatic carbocycles. The van der Waals surface area contributed by atoms with Crippen LogP contribution in [0.4, 0.5) is 0 Å². The Hall–Kier alpha value is -4.10. The van der Waals surface area contributed by atoms with E-state index in [0.717, 1.165) is 19.3 Å². The fraction of sp³-hybridized carbons (Fsp3) is 0.0909. The van der Waals surface area contributed by atoms with Gasteiger partial charge < -0.3 is 4.57 Å². The van der Waals surface area contributed by atoms with Crippen LogP contribution in [0.5, 0.6) is 0 Å². The molecule has 0 fully saturated rings. The third kappa shape index (κ3) is 1.94. The molecule has 34 heavy (non-hydrogen) atoms. The van der Waals surface area contributed by atoms with Crippen LogP contribution in [0.3, 0.4) is 0 Å². The predicted octanol–water partition coefficient (Wildman–Crippen LogP) is 7.83. The molecule has 0 unspecified atom stereocenters. The molecule has 0 amide bonds. The topological polar surface area (TPSA) is 4.93 Å². The van der Waals surface area contributed by atoms with Gasteiger partial charge in [0.05, 0.1) is 11.0 Å². The van der Waals surface area contributed by atoms with Crippen LogP contribution in [0.15, 0.2) is 91.0 Å². The number of para-hydroxylation sites is 1. The van der Waals surface area contributed by atoms with Crippen molar-refractivity contribution in [1.29, 1.82) is 0 Å². The lowest BCUT2D eigenvalue weighted by Crippen LogP contribution is -2.09. The van der Waals surface area contributed by atoms with E-state index in [1.165, 1.54) is 83.1 Å². The van der Waals surface area contributed by atoms with Crippen LogP contribution in [0.2, 0.25) is 0 Å². The molecule has 0 saturated carbocycles. The lowest BCUT2D eigenvalue weighted by molar-refractivity contribution is 1.03. The van der Waals surface area contributed by atoms with Crippen LogP contribution >= 0.6 is 0 Å². The first-order valence-corrected chi connectivity index (χ1v) is 12.3. The first kappa shape index (κ1) is 17.4. The smallest absolute Gasteiger partial charge is 0.0583 e. The molecule has 158 valence electrons. The van der Waals surface area contributed by atoms with Crippen molar-refractivity contribution in [3.8, 4) is 27.9 Å². The molecule has 6 aromatic rings. The third-order valence-electron chi connectivity index (χ3n) is 8.42. The highest BCUT2D eigenvalue weighted by atomic mass is 15.0. The molecule has 2 heterocycles. The molecule has 0 saturated heterocycles. The highest BCUT2D eigenvalue weighted by Crippen LogP contribution is 2.51. The fourth-order valence-electron chi connectivity index (χ4n) is 7.10. The summed E-state index contributed by atoms with van der Waals surface area (Å²) in [5.41, 5.74) is 18.7. The predicted molar refractivity (Wildman–Crippen MR) is 140 cm³/mol. The first-order chi connectivity index (χ1) is 16.9. The highest BCUT2D eigenvalue weighted by Gasteiger charge is 2.32. The summed E-state index contributed by atoms with van der Waals surface area (Å²) in [6.07, 6.45) is 3.06. The van der Waals surface area contributed by atoms with Crippen molar-refractivity contribution in [2.45, 2.75) is 19.3 Å². The fourth-order valence-corrected chi connectivity index (χ4v) is 7.10. The van der Waals surface area contributed by atoms with Crippen molar-refractivity contribution in [3.05, 3.63) is 124 Å². The molecule has 0 N–H and O–H groups in total. The minimum Gasteiger partial charge on any atom is -0.308 e. The lowest BCUT2D eigenvalue weighted by atomic mass is 9.91. The second-order valence-electron chi connectivity index (χ2n) is 10.1. The maximum absolute atomic E-state index is 2.62. The van der Waals surface area contributed by atoms with E-state index in [0.29, 0.717) is 0 Å². The molecule has 1 nitrogen and oxygen atoms in total. The van der Waals surface area contributed by atoms with Crippen molar-refractivity contribution in [3.63, 3.8) is 0 Å². The van der Waals surface area contributed by atoms with Gasteiger partial charge in [0, 0.05) is 29.3 Å². The minimum absolute atomic E-state index is 1.01. The maximum atomic E-state index is 2.62. The first-order valence-electron chi connectivity index (χ1n) is 12.3. The van der Waals surface area contributed by atoms with E-state index in [2.05, 4.69) is 95.6 Å². The summed E-state index contributed by atoms with van der Waals surface area (Å²) in [6, 6.07) is 34.3. The minimum atomic E-state index is 1.01. The third-order valence-corrected chi connectivity index (χ3v) is 8.42. The van der Waals surface area contributed by atoms with Gasteiger partial charge in [0.1, 0.15) is 0 Å². The number of benzene rings is 5. The Kier molecular flexibility index (Phi) is 3.00. The Balaban J connectivity index is 1.52. The van der Waals surface area contributed by atoms with E-state index in [4.69, 9.17) is 0 Å². The average Bonchev–Trinajstić information content (AvgIpc) is 3.54. The van der Waals surface area contributed by atoms with Gasteiger partial charge in [-0.25, -0.2) is 0 Å². The molecule has 1 aliphatic heterocycles. The lowest BCUT2D eigenvalue weighted by Gasteiger charge is -2.22. The Bertz CT molecular complexity index is 1880. The van der Waals surface area contributed by atoms with Crippen molar-refractivity contribution < 1.29 is 0 Å². The van der Waals surface area contributed by atoms with Crippen LogP contribution in [0, 0.1) is 0 Å². The van der Waals surface area contributed by atoms with Crippen LogP contribution in [-0.4, -0.2) is 4.57 Å². The standard InChI is InChI=1S/C33H21N/c1-4-10-24-20(8-1)18-28-26(24)13-14-27-31-30-22(15-19-7-2-5-11-25(19)30)17-23-16-21-9-3-6-12-29(21)34(32(23)31)33(27)28/h1-14,17H,15-16,18H2. The van der Waals surface area contributed by atoms with E-state index < -0.39 is 0 Å². The van der Waals surface area contributed by atoms with Crippen LogP contribution < -0.4 is 0 Å². The Morgan fingerprint density at radius 2 is 1.21 bits per heavy atom. The average molecular weight is 432 g/mol. The largest absolute Gasteiger partial charge is 0.308 e. The van der Waals surface area contributed by atoms with E-state index in [1.807, 2.05) is 0 Å². The number of nitrogens with zero attached hydrogens (tertiary/aromatic N) is 1. The summed E-state index contributed by atoms with van der Waals surface area (Å²) in [5, 5.41) is 2.87. The zero-order valence-electron chi connectivity index (χ0n) is 18.7. The molecule has 0 radical (unpaired) electrons. The van der Waals surface area contributed by atoms with Crippen molar-refractivity contribution >= 4 is 21.8 Å². The second-order valence-corrected chi connectivity index (χ2v) is 10.1. The molecule has 0 atom stereocenters. The van der Waals surface area contributed by atoms with Gasteiger partial charge in [-0.3, -0.25) is 0 Å². The van der Waals surface area contributed by atoms with E-state index in [9.17, 15) is 0 Å². The number of rotatable bonds is 0. The second kappa shape index (κ2) is 5.87. The maximum Gasteiger partial charge on any atom is 0.0583 e. The van der Waals surface area contributed by atoms with Gasteiger partial charge >= 0.3 is 0 Å². The Morgan fingerprint density at radius 3 is 2.09 bits per heavy atom. The van der Waals surface area contributed by atoms with E-state index in [-0.39, 0.29) is 0 Å². The summed E-state index contributed by atoms with van der Waals surface area (Å²) in [5.74, 6) is 0. The molecule has 1 heteroatoms. The van der Waals surface area contributed by atoms with E-state index in [1.54, 1.807) is 0 Å². The van der Waals surface area contributed by atoms with Gasteiger partial charge in [-0.05, 0) is 68.1 Å². The van der Waals surface area contributed by atoms with Gasteiger partial charge in [0.25, 0.3) is 0 Å². The zero-order chi connectivity index (χ0) is 22.0. The van der Waals surface area contributed by atoms with Gasteiger partial charge in [-0.1, -0.05) is 84.9 Å². The zero-order valence-corrected chi connectivity index (χ0v) is 18.7. The monoisotopic (exact) mass is 431 g/mol. The molecule has 9 rings (SSSR count). The molecule has 1 aromatic heterocycles. The summed E-state index contributed by atoms with van der Waals surface area (Å²) in [7, 11) is 0. The molecular weight excluding hydrogens is 410 g/mol. The van der Waals surface area contributed by atoms with Crippen LogP contribution in [0.25, 0.3) is 49.7 Å². The SMILES string of the molecule is c1ccc2c(c1)Cc1c-2ccc2c3c4c(cc5c3n(c12)-c1ccccc1C5)Cc1ccccc1-4. The molecule has 0 bridgehead atoms. The van der Waals surface area contributed by atoms with Crippen molar-refractivity contribution in [2.24, 2.45) is 0 Å². The molecular formula is C33H21N. The molecule has 0 spiro atoms. The number of fused-ring (bicyclic) bond motifs is 13. The van der Waals surface area contributed by atoms with Gasteiger partial charge in [-0.15, -0.1) is 0 Å². The summed E-state index contributed by atoms with van der Waals surface area (Å²) in [4.78, 5) is 0. The van der Waals surface area contributed by atoms with Gasteiger partial charge in [-0.2, -0.15) is 0 Å². The summed E-state index contributed by atoms with van der Waals surface area (Å²) in [6.45, 7) is 0.